The van der Waals surface area contributed by atoms with Crippen LogP contribution in [-0.4, -0.2) is 28.4 Å². The van der Waals surface area contributed by atoms with Crippen LogP contribution < -0.4 is 5.32 Å². The number of benzene rings is 1. The predicted octanol–water partition coefficient (Wildman–Crippen LogP) is 4.00. The van der Waals surface area contributed by atoms with Crippen molar-refractivity contribution >= 4 is 54.9 Å². The van der Waals surface area contributed by atoms with E-state index in [4.69, 9.17) is 4.74 Å². The maximum Gasteiger partial charge on any atom is 0.348 e. The van der Waals surface area contributed by atoms with E-state index in [1.54, 1.807) is 19.9 Å². The van der Waals surface area contributed by atoms with E-state index in [0.717, 1.165) is 10.3 Å². The first kappa shape index (κ1) is 18.0. The fraction of sp³-hybridized carbons (Fsp3) is 0.188. The number of nitro groups is 1. The first-order chi connectivity index (χ1) is 12.4. The number of ether oxygens (including phenoxy) is 1. The molecule has 8 nitrogen and oxygen atoms in total. The number of hydrogen-bond acceptors (Lipinski definition) is 8. The second-order valence-electron chi connectivity index (χ2n) is 5.16. The van der Waals surface area contributed by atoms with Crippen LogP contribution in [0.15, 0.2) is 24.3 Å². The number of aromatic nitrogens is 1. The van der Waals surface area contributed by atoms with Gasteiger partial charge in [-0.2, -0.15) is 0 Å². The van der Waals surface area contributed by atoms with E-state index in [0.29, 0.717) is 14.8 Å². The van der Waals surface area contributed by atoms with Crippen molar-refractivity contribution in [2.75, 3.05) is 11.9 Å². The number of nitrogens with one attached hydrogen (secondary N) is 1. The Kier molecular flexibility index (Phi) is 4.96. The number of thiazole rings is 1. The summed E-state index contributed by atoms with van der Waals surface area (Å²) >= 11 is 2.40. The Morgan fingerprint density at radius 3 is 2.69 bits per heavy atom. The first-order valence-corrected chi connectivity index (χ1v) is 9.17. The van der Waals surface area contributed by atoms with Crippen LogP contribution in [0.25, 0.3) is 9.53 Å². The summed E-state index contributed by atoms with van der Waals surface area (Å²) in [5, 5.41) is 13.9. The monoisotopic (exact) mass is 391 g/mol. The van der Waals surface area contributed by atoms with Gasteiger partial charge >= 0.3 is 5.97 Å². The summed E-state index contributed by atoms with van der Waals surface area (Å²) in [6, 6.07) is 5.70. The number of hydrogen-bond donors (Lipinski definition) is 1. The number of thiophene rings is 1. The number of nitrogens with zero attached hydrogens (tertiary/aromatic N) is 2. The molecule has 2 heterocycles. The van der Waals surface area contributed by atoms with Crippen LogP contribution in [0.4, 0.5) is 10.8 Å². The molecule has 1 amide bonds. The van der Waals surface area contributed by atoms with Crippen LogP contribution in [-0.2, 0) is 4.74 Å². The van der Waals surface area contributed by atoms with Gasteiger partial charge in [0.05, 0.1) is 16.2 Å². The van der Waals surface area contributed by atoms with Crippen LogP contribution in [0, 0.1) is 17.0 Å². The zero-order valence-corrected chi connectivity index (χ0v) is 15.4. The minimum absolute atomic E-state index is 0.0417. The Hall–Kier alpha value is -2.85. The molecule has 0 atom stereocenters. The summed E-state index contributed by atoms with van der Waals surface area (Å²) < 4.78 is 5.78. The summed E-state index contributed by atoms with van der Waals surface area (Å²) in [6.07, 6.45) is 0. The SMILES string of the molecule is CCOC(=O)c1sc2nc(NC(=O)c3ccccc3[N+](=O)[O-])sc2c1C. The number of carbonyl (C=O) groups is 2. The maximum atomic E-state index is 12.4. The summed E-state index contributed by atoms with van der Waals surface area (Å²) in [4.78, 5) is 40.1. The lowest BCUT2D eigenvalue weighted by Gasteiger charge is -2.02. The standard InChI is InChI=1S/C16H13N3O5S2/c1-3-24-15(21)12-8(2)11-14(25-12)18-16(26-11)17-13(20)9-6-4-5-7-10(9)19(22)23/h4-7H,3H2,1-2H3,(H,17,18,20). The molecule has 2 aromatic heterocycles. The highest BCUT2D eigenvalue weighted by Crippen LogP contribution is 2.37. The van der Waals surface area contributed by atoms with Gasteiger partial charge in [0.15, 0.2) is 5.13 Å². The molecule has 0 aliphatic rings. The number of para-hydroxylation sites is 1. The Morgan fingerprint density at radius 2 is 2.04 bits per heavy atom. The third-order valence-corrected chi connectivity index (χ3v) is 5.89. The van der Waals surface area contributed by atoms with Gasteiger partial charge in [0.25, 0.3) is 11.6 Å². The summed E-state index contributed by atoms with van der Waals surface area (Å²) in [5.74, 6) is -1.01. The molecule has 0 spiro atoms. The number of esters is 1. The minimum atomic E-state index is -0.609. The highest BCUT2D eigenvalue weighted by atomic mass is 32.1. The molecule has 134 valence electrons. The van der Waals surface area contributed by atoms with Gasteiger partial charge in [-0.25, -0.2) is 9.78 Å². The third-order valence-electron chi connectivity index (χ3n) is 3.50. The van der Waals surface area contributed by atoms with E-state index in [2.05, 4.69) is 10.3 Å². The number of carbonyl (C=O) groups excluding carboxylic acids is 2. The molecule has 0 unspecified atom stereocenters. The topological polar surface area (TPSA) is 111 Å². The van der Waals surface area contributed by atoms with Gasteiger partial charge in [0.1, 0.15) is 15.3 Å². The normalized spacial score (nSPS) is 10.7. The van der Waals surface area contributed by atoms with Crippen molar-refractivity contribution in [1.29, 1.82) is 0 Å². The average Bonchev–Trinajstić information content (AvgIpc) is 3.14. The van der Waals surface area contributed by atoms with Crippen LogP contribution >= 0.6 is 22.7 Å². The second-order valence-corrected chi connectivity index (χ2v) is 7.16. The van der Waals surface area contributed by atoms with Crippen LogP contribution in [0.1, 0.15) is 32.5 Å². The van der Waals surface area contributed by atoms with Gasteiger partial charge in [-0.1, -0.05) is 23.5 Å². The summed E-state index contributed by atoms with van der Waals surface area (Å²) in [6.45, 7) is 3.81. The molecule has 1 N–H and O–H groups in total. The number of anilines is 1. The van der Waals surface area contributed by atoms with Gasteiger partial charge in [-0.05, 0) is 25.5 Å². The predicted molar refractivity (Wildman–Crippen MR) is 99.2 cm³/mol. The molecule has 1 aromatic carbocycles. The van der Waals surface area contributed by atoms with E-state index in [1.807, 2.05) is 0 Å². The fourth-order valence-corrected chi connectivity index (χ4v) is 4.53. The van der Waals surface area contributed by atoms with Crippen LogP contribution in [0.2, 0.25) is 0 Å². The van der Waals surface area contributed by atoms with Crippen molar-refractivity contribution in [1.82, 2.24) is 4.98 Å². The molecule has 0 saturated heterocycles. The number of rotatable bonds is 5. The van der Waals surface area contributed by atoms with Gasteiger partial charge in [-0.3, -0.25) is 20.2 Å². The third kappa shape index (κ3) is 3.28. The van der Waals surface area contributed by atoms with Gasteiger partial charge < -0.3 is 4.74 Å². The molecule has 0 saturated carbocycles. The van der Waals surface area contributed by atoms with Crippen molar-refractivity contribution in [2.24, 2.45) is 0 Å². The van der Waals surface area contributed by atoms with Gasteiger partial charge in [0.2, 0.25) is 0 Å². The Labute approximate surface area is 155 Å². The van der Waals surface area contributed by atoms with Crippen LogP contribution in [0.5, 0.6) is 0 Å². The number of aryl methyl sites for hydroxylation is 1. The van der Waals surface area contributed by atoms with E-state index in [-0.39, 0.29) is 17.9 Å². The van der Waals surface area contributed by atoms with Crippen molar-refractivity contribution < 1.29 is 19.2 Å². The zero-order valence-electron chi connectivity index (χ0n) is 13.8. The minimum Gasteiger partial charge on any atom is -0.462 e. The number of fused-ring (bicyclic) bond motifs is 1. The molecule has 10 heteroatoms. The molecular weight excluding hydrogens is 378 g/mol. The largest absolute Gasteiger partial charge is 0.462 e. The van der Waals surface area contributed by atoms with E-state index in [9.17, 15) is 19.7 Å². The molecule has 3 rings (SSSR count). The molecule has 3 aromatic rings. The van der Waals surface area contributed by atoms with Crippen molar-refractivity contribution in [3.05, 3.63) is 50.4 Å². The van der Waals surface area contributed by atoms with Crippen molar-refractivity contribution in [2.45, 2.75) is 13.8 Å². The quantitative estimate of drug-likeness (QED) is 0.400. The van der Waals surface area contributed by atoms with Crippen LogP contribution in [0.3, 0.4) is 0 Å². The van der Waals surface area contributed by atoms with E-state index >= 15 is 0 Å². The average molecular weight is 391 g/mol. The zero-order chi connectivity index (χ0) is 18.8. The first-order valence-electron chi connectivity index (χ1n) is 7.54. The van der Waals surface area contributed by atoms with Crippen molar-refractivity contribution in [3.63, 3.8) is 0 Å². The summed E-state index contributed by atoms with van der Waals surface area (Å²) in [7, 11) is 0. The highest BCUT2D eigenvalue weighted by molar-refractivity contribution is 7.30. The highest BCUT2D eigenvalue weighted by Gasteiger charge is 2.23. The maximum absolute atomic E-state index is 12.4. The molecule has 0 aliphatic carbocycles. The molecule has 0 fully saturated rings. The molecule has 26 heavy (non-hydrogen) atoms. The lowest BCUT2D eigenvalue weighted by molar-refractivity contribution is -0.385. The molecule has 0 aliphatic heterocycles. The fourth-order valence-electron chi connectivity index (χ4n) is 2.32. The Balaban J connectivity index is 1.87. The second kappa shape index (κ2) is 7.18. The Morgan fingerprint density at radius 1 is 1.31 bits per heavy atom. The lowest BCUT2D eigenvalue weighted by atomic mass is 10.1. The molecule has 0 radical (unpaired) electrons. The van der Waals surface area contributed by atoms with Gasteiger partial charge in [-0.15, -0.1) is 11.3 Å². The van der Waals surface area contributed by atoms with Crippen molar-refractivity contribution in [3.8, 4) is 0 Å². The summed E-state index contributed by atoms with van der Waals surface area (Å²) in [5.41, 5.74) is 0.427. The lowest BCUT2D eigenvalue weighted by Crippen LogP contribution is -2.13. The smallest absolute Gasteiger partial charge is 0.348 e. The molecular formula is C16H13N3O5S2. The number of amides is 1. The number of nitro benzene ring substituents is 1. The van der Waals surface area contributed by atoms with Gasteiger partial charge in [0, 0.05) is 6.07 Å². The van der Waals surface area contributed by atoms with E-state index in [1.165, 1.54) is 40.9 Å². The Bertz CT molecular complexity index is 1020. The van der Waals surface area contributed by atoms with E-state index < -0.39 is 16.8 Å². The molecule has 0 bridgehead atoms.